The van der Waals surface area contributed by atoms with Crippen molar-refractivity contribution >= 4 is 11.9 Å². The predicted molar refractivity (Wildman–Crippen MR) is 115 cm³/mol. The van der Waals surface area contributed by atoms with Crippen molar-refractivity contribution in [3.05, 3.63) is 0 Å². The minimum absolute atomic E-state index is 0.0626. The van der Waals surface area contributed by atoms with Crippen molar-refractivity contribution < 1.29 is 19.1 Å². The number of carbonyl (C=O) groups excluding carboxylic acids is 2. The van der Waals surface area contributed by atoms with Crippen molar-refractivity contribution in [1.29, 1.82) is 0 Å². The van der Waals surface area contributed by atoms with Gasteiger partial charge in [-0.15, -0.1) is 0 Å². The van der Waals surface area contributed by atoms with Crippen molar-refractivity contribution in [1.82, 2.24) is 10.6 Å². The second-order valence-corrected chi connectivity index (χ2v) is 11.7. The second-order valence-electron chi connectivity index (χ2n) is 11.7. The van der Waals surface area contributed by atoms with Crippen LogP contribution in [0.1, 0.15) is 100 Å². The summed E-state index contributed by atoms with van der Waals surface area (Å²) in [6, 6.07) is 0. The zero-order chi connectivity index (χ0) is 22.1. The highest BCUT2D eigenvalue weighted by Crippen LogP contribution is 2.31. The molecule has 2 saturated heterocycles. The molecule has 0 radical (unpaired) electrons. The molecule has 0 saturated carbocycles. The predicted octanol–water partition coefficient (Wildman–Crippen LogP) is 3.86. The number of piperidine rings is 2. The summed E-state index contributed by atoms with van der Waals surface area (Å²) in [7, 11) is 0. The first kappa shape index (κ1) is 24.1. The molecule has 2 aliphatic heterocycles. The lowest BCUT2D eigenvalue weighted by Gasteiger charge is -2.46. The van der Waals surface area contributed by atoms with Gasteiger partial charge < -0.3 is 20.1 Å². The van der Waals surface area contributed by atoms with Crippen molar-refractivity contribution in [3.63, 3.8) is 0 Å². The fraction of sp³-hybridized carbons (Fsp3) is 0.913. The van der Waals surface area contributed by atoms with Crippen LogP contribution < -0.4 is 10.6 Å². The summed E-state index contributed by atoms with van der Waals surface area (Å²) in [4.78, 5) is 24.5. The van der Waals surface area contributed by atoms with Crippen LogP contribution in [0.2, 0.25) is 0 Å². The van der Waals surface area contributed by atoms with Crippen LogP contribution in [0, 0.1) is 0 Å². The van der Waals surface area contributed by atoms with E-state index in [-0.39, 0.29) is 59.1 Å². The van der Waals surface area contributed by atoms with Gasteiger partial charge in [0.15, 0.2) is 0 Å². The first-order chi connectivity index (χ1) is 13.1. The highest BCUT2D eigenvalue weighted by Gasteiger charge is 2.40. The minimum Gasteiger partial charge on any atom is -0.462 e. The molecule has 0 aromatic rings. The summed E-state index contributed by atoms with van der Waals surface area (Å²) < 4.78 is 11.4. The zero-order valence-corrected chi connectivity index (χ0v) is 19.7. The monoisotopic (exact) mass is 410 g/mol. The number of ether oxygens (including phenoxy) is 2. The summed E-state index contributed by atoms with van der Waals surface area (Å²) in [5, 5.41) is 7.17. The van der Waals surface area contributed by atoms with Gasteiger partial charge in [-0.2, -0.15) is 0 Å². The molecule has 168 valence electrons. The largest absolute Gasteiger partial charge is 0.462 e. The molecule has 0 amide bonds. The lowest BCUT2D eigenvalue weighted by atomic mass is 9.81. The zero-order valence-electron chi connectivity index (χ0n) is 19.7. The molecule has 2 rings (SSSR count). The molecule has 2 N–H and O–H groups in total. The Morgan fingerprint density at radius 1 is 0.655 bits per heavy atom. The van der Waals surface area contributed by atoms with Crippen LogP contribution in [-0.4, -0.2) is 46.3 Å². The Morgan fingerprint density at radius 2 is 0.931 bits per heavy atom. The molecule has 0 bridgehead atoms. The smallest absolute Gasteiger partial charge is 0.306 e. The Hall–Kier alpha value is -1.14. The molecule has 29 heavy (non-hydrogen) atoms. The summed E-state index contributed by atoms with van der Waals surface area (Å²) in [6.45, 7) is 17.1. The number of hydrogen-bond acceptors (Lipinski definition) is 6. The minimum atomic E-state index is -0.222. The Kier molecular flexibility index (Phi) is 7.11. The summed E-state index contributed by atoms with van der Waals surface area (Å²) in [5.41, 5.74) is -0.250. The first-order valence-electron chi connectivity index (χ1n) is 11.0. The number of carbonyl (C=O) groups is 2. The molecule has 0 aliphatic carbocycles. The van der Waals surface area contributed by atoms with Crippen LogP contribution in [0.15, 0.2) is 0 Å². The van der Waals surface area contributed by atoms with Gasteiger partial charge in [-0.3, -0.25) is 9.59 Å². The van der Waals surface area contributed by atoms with Crippen LogP contribution in [0.25, 0.3) is 0 Å². The third-order valence-corrected chi connectivity index (χ3v) is 5.66. The summed E-state index contributed by atoms with van der Waals surface area (Å²) >= 11 is 0. The van der Waals surface area contributed by atoms with E-state index < -0.39 is 0 Å². The van der Waals surface area contributed by atoms with E-state index in [1.54, 1.807) is 0 Å². The molecule has 0 spiro atoms. The molecule has 0 aromatic heterocycles. The van der Waals surface area contributed by atoms with E-state index >= 15 is 0 Å². The average Bonchev–Trinajstić information content (AvgIpc) is 2.39. The van der Waals surface area contributed by atoms with Gasteiger partial charge in [-0.1, -0.05) is 0 Å². The number of hydrogen-bond donors (Lipinski definition) is 2. The normalized spacial score (nSPS) is 25.9. The number of nitrogens with one attached hydrogen (secondary N) is 2. The molecule has 2 aliphatic rings. The van der Waals surface area contributed by atoms with E-state index in [9.17, 15) is 9.59 Å². The SMILES string of the molecule is CC1(C)CC(OC(=O)CCCC(=O)OC2CC(C)(C)NC(C)(C)C2)CC(C)(C)N1. The van der Waals surface area contributed by atoms with Gasteiger partial charge in [-0.05, 0) is 61.8 Å². The molecule has 0 unspecified atom stereocenters. The maximum Gasteiger partial charge on any atom is 0.306 e. The Morgan fingerprint density at radius 3 is 1.21 bits per heavy atom. The average molecular weight is 411 g/mol. The van der Waals surface area contributed by atoms with Crippen LogP contribution in [0.4, 0.5) is 0 Å². The lowest BCUT2D eigenvalue weighted by molar-refractivity contribution is -0.154. The van der Waals surface area contributed by atoms with Crippen LogP contribution in [0.5, 0.6) is 0 Å². The Bertz CT molecular complexity index is 526. The van der Waals surface area contributed by atoms with Crippen LogP contribution in [0.3, 0.4) is 0 Å². The Labute approximate surface area is 176 Å². The highest BCUT2D eigenvalue weighted by atomic mass is 16.5. The molecule has 2 heterocycles. The van der Waals surface area contributed by atoms with E-state index in [0.29, 0.717) is 6.42 Å². The van der Waals surface area contributed by atoms with Crippen molar-refractivity contribution in [2.24, 2.45) is 0 Å². The van der Waals surface area contributed by atoms with Crippen molar-refractivity contribution in [2.45, 2.75) is 135 Å². The third kappa shape index (κ3) is 8.25. The third-order valence-electron chi connectivity index (χ3n) is 5.66. The van der Waals surface area contributed by atoms with Gasteiger partial charge >= 0.3 is 11.9 Å². The fourth-order valence-corrected chi connectivity index (χ4v) is 5.49. The first-order valence-corrected chi connectivity index (χ1v) is 11.0. The van der Waals surface area contributed by atoms with E-state index in [1.807, 2.05) is 0 Å². The quantitative estimate of drug-likeness (QED) is 0.648. The van der Waals surface area contributed by atoms with Gasteiger partial charge in [0.05, 0.1) is 0 Å². The van der Waals surface area contributed by atoms with Gasteiger partial charge in [-0.25, -0.2) is 0 Å². The van der Waals surface area contributed by atoms with E-state index in [0.717, 1.165) is 25.7 Å². The van der Waals surface area contributed by atoms with Gasteiger partial charge in [0.25, 0.3) is 0 Å². The molecular weight excluding hydrogens is 368 g/mol. The molecule has 6 nitrogen and oxygen atoms in total. The van der Waals surface area contributed by atoms with Gasteiger partial charge in [0, 0.05) is 60.7 Å². The topological polar surface area (TPSA) is 76.7 Å². The second kappa shape index (κ2) is 8.54. The van der Waals surface area contributed by atoms with E-state index in [4.69, 9.17) is 9.47 Å². The maximum absolute atomic E-state index is 12.3. The molecule has 6 heteroatoms. The standard InChI is InChI=1S/C23H42N2O4/c1-20(2)12-16(13-21(3,4)24-20)28-18(26)10-9-11-19(27)29-17-14-22(5,6)25-23(7,8)15-17/h16-17,24-25H,9-15H2,1-8H3. The van der Waals surface area contributed by atoms with Gasteiger partial charge in [0.2, 0.25) is 0 Å². The number of rotatable bonds is 6. The Balaban J connectivity index is 1.72. The lowest BCUT2D eigenvalue weighted by Crippen LogP contribution is -2.59. The molecule has 2 fully saturated rings. The van der Waals surface area contributed by atoms with E-state index in [1.165, 1.54) is 0 Å². The fourth-order valence-electron chi connectivity index (χ4n) is 5.49. The summed E-state index contributed by atoms with van der Waals surface area (Å²) in [6.07, 6.45) is 3.99. The van der Waals surface area contributed by atoms with Crippen LogP contribution >= 0.6 is 0 Å². The van der Waals surface area contributed by atoms with Crippen LogP contribution in [-0.2, 0) is 19.1 Å². The summed E-state index contributed by atoms with van der Waals surface area (Å²) in [5.74, 6) is -0.444. The highest BCUT2D eigenvalue weighted by molar-refractivity contribution is 5.72. The number of esters is 2. The molecule has 0 atom stereocenters. The van der Waals surface area contributed by atoms with E-state index in [2.05, 4.69) is 66.0 Å². The maximum atomic E-state index is 12.3. The van der Waals surface area contributed by atoms with Crippen molar-refractivity contribution in [3.8, 4) is 0 Å². The van der Waals surface area contributed by atoms with Gasteiger partial charge in [0.1, 0.15) is 12.2 Å². The molecular formula is C23H42N2O4. The molecule has 0 aromatic carbocycles. The van der Waals surface area contributed by atoms with Crippen molar-refractivity contribution in [2.75, 3.05) is 0 Å².